The largest absolute Gasteiger partial charge is 0.416 e. The molecule has 1 fully saturated rings. The first-order valence-corrected chi connectivity index (χ1v) is 13.9. The molecule has 0 bridgehead atoms. The lowest BCUT2D eigenvalue weighted by Gasteiger charge is -2.11. The Hall–Kier alpha value is -0.870. The van der Waals surface area contributed by atoms with Crippen LogP contribution in [0, 0.1) is 0 Å². The predicted molar refractivity (Wildman–Crippen MR) is 115 cm³/mol. The third-order valence-electron chi connectivity index (χ3n) is 3.89. The van der Waals surface area contributed by atoms with Crippen LogP contribution in [0.1, 0.15) is 24.0 Å². The lowest BCUT2D eigenvalue weighted by Crippen LogP contribution is -2.26. The van der Waals surface area contributed by atoms with E-state index in [-0.39, 0.29) is 19.9 Å². The van der Waals surface area contributed by atoms with Crippen LogP contribution in [-0.2, 0) is 31.4 Å². The number of sulfonamides is 1. The van der Waals surface area contributed by atoms with E-state index in [4.69, 9.17) is 10.7 Å². The molecular weight excluding hydrogens is 656 g/mol. The molecule has 0 amide bonds. The topological polar surface area (TPSA) is 80.3 Å². The van der Waals surface area contributed by atoms with Crippen LogP contribution < -0.4 is 4.72 Å². The van der Waals surface area contributed by atoms with Crippen LogP contribution in [0.25, 0.3) is 0 Å². The van der Waals surface area contributed by atoms with E-state index in [0.717, 1.165) is 37.1 Å². The second-order valence-electron chi connectivity index (χ2n) is 6.68. The van der Waals surface area contributed by atoms with Crippen LogP contribution >= 0.6 is 42.5 Å². The van der Waals surface area contributed by atoms with Gasteiger partial charge in [-0.05, 0) is 49.2 Å². The van der Waals surface area contributed by atoms with E-state index in [1.54, 1.807) is 0 Å². The third-order valence-corrected chi connectivity index (χ3v) is 7.64. The number of benzene rings is 2. The monoisotopic (exact) mass is 665 g/mol. The van der Waals surface area contributed by atoms with Crippen LogP contribution in [-0.4, -0.2) is 22.9 Å². The molecule has 33 heavy (non-hydrogen) atoms. The molecule has 184 valence electrons. The number of hydrogen-bond donors (Lipinski definition) is 1. The number of halogens is 9. The molecule has 1 aliphatic rings. The third kappa shape index (κ3) is 8.69. The average Bonchev–Trinajstić information content (AvgIpc) is 3.42. The molecule has 3 rings (SSSR count). The Bertz CT molecular complexity index is 1250. The molecule has 2 aromatic rings. The molecule has 0 atom stereocenters. The minimum atomic E-state index is -4.61. The van der Waals surface area contributed by atoms with Gasteiger partial charge < -0.3 is 0 Å². The molecule has 0 aliphatic heterocycles. The summed E-state index contributed by atoms with van der Waals surface area (Å²) in [6, 6.07) is 4.73. The standard InChI is InChI=1S/C10H9BrF3NO2S.C7H3BrClF3O2S/c11-7-3-6(10(12,13)14)4-9(5-7)18(16,17)15-8-1-2-8;8-5-1-4(7(10,11)12)2-6(3-5)15(9,13)14/h3-5,8,15H,1-2H2;1-3H. The minimum absolute atomic E-state index is 0.00319. The Morgan fingerprint density at radius 1 is 0.758 bits per heavy atom. The molecule has 0 radical (unpaired) electrons. The molecule has 0 unspecified atom stereocenters. The molecule has 0 spiro atoms. The molecule has 16 heteroatoms. The zero-order valence-electron chi connectivity index (χ0n) is 15.8. The summed E-state index contributed by atoms with van der Waals surface area (Å²) in [7, 11) is -3.11. The highest BCUT2D eigenvalue weighted by Gasteiger charge is 2.34. The van der Waals surface area contributed by atoms with E-state index >= 15 is 0 Å². The van der Waals surface area contributed by atoms with Crippen molar-refractivity contribution in [2.75, 3.05) is 0 Å². The first-order valence-electron chi connectivity index (χ1n) is 8.51. The van der Waals surface area contributed by atoms with Gasteiger partial charge in [0.25, 0.3) is 9.05 Å². The molecule has 1 aliphatic carbocycles. The summed E-state index contributed by atoms with van der Waals surface area (Å²) in [5, 5.41) is 0. The van der Waals surface area contributed by atoms with Gasteiger partial charge >= 0.3 is 12.4 Å². The van der Waals surface area contributed by atoms with Crippen molar-refractivity contribution in [1.29, 1.82) is 0 Å². The fraction of sp³-hybridized carbons (Fsp3) is 0.294. The molecular formula is C17H12Br2ClF6NO4S2. The number of rotatable bonds is 4. The van der Waals surface area contributed by atoms with E-state index in [2.05, 4.69) is 36.6 Å². The van der Waals surface area contributed by atoms with Gasteiger partial charge in [0.2, 0.25) is 10.0 Å². The summed E-state index contributed by atoms with van der Waals surface area (Å²) in [6.45, 7) is 0. The van der Waals surface area contributed by atoms with Gasteiger partial charge in [0, 0.05) is 25.7 Å². The van der Waals surface area contributed by atoms with Crippen LogP contribution in [0.3, 0.4) is 0 Å². The summed E-state index contributed by atoms with van der Waals surface area (Å²) >= 11 is 5.66. The van der Waals surface area contributed by atoms with Gasteiger partial charge in [0.05, 0.1) is 20.9 Å². The van der Waals surface area contributed by atoms with Crippen molar-refractivity contribution in [2.24, 2.45) is 0 Å². The lowest BCUT2D eigenvalue weighted by atomic mass is 10.2. The molecule has 0 saturated heterocycles. The first-order chi connectivity index (χ1) is 14.8. The Labute approximate surface area is 206 Å². The van der Waals surface area contributed by atoms with Crippen LogP contribution in [0.2, 0.25) is 0 Å². The number of nitrogens with one attached hydrogen (secondary N) is 1. The van der Waals surface area contributed by atoms with Crippen LogP contribution in [0.15, 0.2) is 55.1 Å². The van der Waals surface area contributed by atoms with Gasteiger partial charge in [0.15, 0.2) is 0 Å². The van der Waals surface area contributed by atoms with E-state index in [1.807, 2.05) is 0 Å². The van der Waals surface area contributed by atoms with E-state index in [0.29, 0.717) is 12.1 Å². The van der Waals surface area contributed by atoms with Crippen molar-refractivity contribution in [3.8, 4) is 0 Å². The van der Waals surface area contributed by atoms with Crippen molar-refractivity contribution >= 4 is 61.6 Å². The zero-order chi connectivity index (χ0) is 25.4. The number of alkyl halides is 6. The molecule has 0 aromatic heterocycles. The normalized spacial score (nSPS) is 15.1. The Morgan fingerprint density at radius 3 is 1.52 bits per heavy atom. The summed E-state index contributed by atoms with van der Waals surface area (Å²) in [5.74, 6) is 0. The maximum Gasteiger partial charge on any atom is 0.416 e. The Balaban J connectivity index is 0.000000238. The van der Waals surface area contributed by atoms with Crippen LogP contribution in [0.5, 0.6) is 0 Å². The average molecular weight is 668 g/mol. The van der Waals surface area contributed by atoms with Crippen molar-refractivity contribution in [2.45, 2.75) is 41.0 Å². The first kappa shape index (κ1) is 28.4. The zero-order valence-corrected chi connectivity index (χ0v) is 21.4. The molecule has 5 nitrogen and oxygen atoms in total. The summed E-state index contributed by atoms with van der Waals surface area (Å²) < 4.78 is 122. The smallest absolute Gasteiger partial charge is 0.208 e. The molecule has 0 heterocycles. The molecule has 1 N–H and O–H groups in total. The Kier molecular flexibility index (Phi) is 8.61. The van der Waals surface area contributed by atoms with Crippen molar-refractivity contribution in [3.05, 3.63) is 56.5 Å². The van der Waals surface area contributed by atoms with Crippen molar-refractivity contribution in [1.82, 2.24) is 4.72 Å². The quantitative estimate of drug-likeness (QED) is 0.307. The van der Waals surface area contributed by atoms with Gasteiger partial charge in [-0.15, -0.1) is 0 Å². The van der Waals surface area contributed by atoms with Gasteiger partial charge in [-0.25, -0.2) is 21.6 Å². The highest BCUT2D eigenvalue weighted by Crippen LogP contribution is 2.35. The van der Waals surface area contributed by atoms with Crippen molar-refractivity contribution < 1.29 is 43.2 Å². The van der Waals surface area contributed by atoms with Gasteiger partial charge in [-0.3, -0.25) is 0 Å². The summed E-state index contributed by atoms with van der Waals surface area (Å²) in [6.07, 6.45) is -7.74. The van der Waals surface area contributed by atoms with E-state index < -0.39 is 47.4 Å². The summed E-state index contributed by atoms with van der Waals surface area (Å²) in [5.41, 5.74) is -2.07. The van der Waals surface area contributed by atoms with E-state index in [9.17, 15) is 43.2 Å². The fourth-order valence-electron chi connectivity index (χ4n) is 2.24. The van der Waals surface area contributed by atoms with Gasteiger partial charge in [0.1, 0.15) is 0 Å². The summed E-state index contributed by atoms with van der Waals surface area (Å²) in [4.78, 5) is -0.970. The SMILES string of the molecule is O=S(=O)(Cl)c1cc(Br)cc(C(F)(F)F)c1.O=S(=O)(NC1CC1)c1cc(Br)cc(C(F)(F)F)c1. The second-order valence-corrected chi connectivity index (χ2v) is 12.8. The fourth-order valence-corrected chi connectivity index (χ4v) is 5.70. The minimum Gasteiger partial charge on any atom is -0.208 e. The lowest BCUT2D eigenvalue weighted by molar-refractivity contribution is -0.138. The van der Waals surface area contributed by atoms with E-state index in [1.165, 1.54) is 0 Å². The number of hydrogen-bond acceptors (Lipinski definition) is 4. The van der Waals surface area contributed by atoms with Crippen molar-refractivity contribution in [3.63, 3.8) is 0 Å². The van der Waals surface area contributed by atoms with Gasteiger partial charge in [-0.1, -0.05) is 31.9 Å². The maximum atomic E-state index is 12.6. The highest BCUT2D eigenvalue weighted by atomic mass is 79.9. The predicted octanol–water partition coefficient (Wildman–Crippen LogP) is 6.30. The molecule has 1 saturated carbocycles. The second kappa shape index (κ2) is 10.0. The van der Waals surface area contributed by atoms with Gasteiger partial charge in [-0.2, -0.15) is 26.3 Å². The Morgan fingerprint density at radius 2 is 1.15 bits per heavy atom. The molecule has 2 aromatic carbocycles. The maximum absolute atomic E-state index is 12.6. The highest BCUT2D eigenvalue weighted by molar-refractivity contribution is 9.10. The van der Waals surface area contributed by atoms with Crippen LogP contribution in [0.4, 0.5) is 26.3 Å².